The number of ether oxygens (including phenoxy) is 4. The van der Waals surface area contributed by atoms with E-state index in [9.17, 15) is 0 Å². The van der Waals surface area contributed by atoms with E-state index < -0.39 is 28.8 Å². The molecule has 8 nitrogen and oxygen atoms in total. The van der Waals surface area contributed by atoms with E-state index in [2.05, 4.69) is 0 Å². The monoisotopic (exact) mass is 784 g/mol. The summed E-state index contributed by atoms with van der Waals surface area (Å²) >= 11 is 0. The lowest BCUT2D eigenvalue weighted by Crippen LogP contribution is -2.48. The Morgan fingerprint density at radius 1 is 0.508 bits per heavy atom. The van der Waals surface area contributed by atoms with Crippen LogP contribution >= 0.6 is 0 Å². The molecule has 3 aliphatic heterocycles. The molecule has 3 aliphatic rings. The summed E-state index contributed by atoms with van der Waals surface area (Å²) in [6, 6.07) is 51.8. The molecule has 0 aromatic heterocycles. The lowest BCUT2D eigenvalue weighted by Gasteiger charge is -2.36. The van der Waals surface area contributed by atoms with Gasteiger partial charge in [0.15, 0.2) is 5.79 Å². The molecule has 2 amide bonds. The fourth-order valence-corrected chi connectivity index (χ4v) is 9.69. The minimum Gasteiger partial charge on any atom is -0.497 e. The quantitative estimate of drug-likeness (QED) is 0.123. The van der Waals surface area contributed by atoms with Gasteiger partial charge in [-0.2, -0.15) is 0 Å². The summed E-state index contributed by atoms with van der Waals surface area (Å²) in [6.45, 7) is 4.61. The van der Waals surface area contributed by atoms with Crippen LogP contribution in [0.15, 0.2) is 158 Å². The van der Waals surface area contributed by atoms with Crippen LogP contribution in [0.3, 0.4) is 0 Å². The van der Waals surface area contributed by atoms with Crippen molar-refractivity contribution in [2.24, 2.45) is 0 Å². The Labute approximate surface area is 345 Å². The van der Waals surface area contributed by atoms with Gasteiger partial charge in [-0.1, -0.05) is 121 Å². The Kier molecular flexibility index (Phi) is 9.86. The molecule has 9 rings (SSSR count). The first kappa shape index (κ1) is 38.3. The van der Waals surface area contributed by atoms with Gasteiger partial charge in [-0.15, -0.1) is 0 Å². The number of benzene rings is 6. The molecule has 4 atom stereocenters. The van der Waals surface area contributed by atoms with Crippen molar-refractivity contribution in [3.8, 4) is 11.5 Å². The number of carbonyl (C=O) groups excluding carboxylic acids is 2. The van der Waals surface area contributed by atoms with Gasteiger partial charge in [0.2, 0.25) is 11.8 Å². The third kappa shape index (κ3) is 6.57. The Bertz CT molecular complexity index is 2300. The van der Waals surface area contributed by atoms with E-state index in [1.54, 1.807) is 14.2 Å². The second kappa shape index (κ2) is 15.2. The van der Waals surface area contributed by atoms with E-state index in [4.69, 9.17) is 18.9 Å². The lowest BCUT2D eigenvalue weighted by atomic mass is 9.68. The Hall–Kier alpha value is -6.22. The highest BCUT2D eigenvalue weighted by Crippen LogP contribution is 2.56. The Balaban J connectivity index is 1.19. The average Bonchev–Trinajstić information content (AvgIpc) is 3.78. The molecular weight excluding hydrogens is 737 g/mol. The van der Waals surface area contributed by atoms with Gasteiger partial charge in [0.05, 0.1) is 39.5 Å². The fraction of sp³-hybridized carbons (Fsp3) is 0.255. The van der Waals surface area contributed by atoms with Crippen molar-refractivity contribution in [3.05, 3.63) is 191 Å². The summed E-state index contributed by atoms with van der Waals surface area (Å²) in [5.74, 6) is 0.185. The van der Waals surface area contributed by atoms with E-state index in [1.165, 1.54) is 0 Å². The largest absolute Gasteiger partial charge is 0.497 e. The fourth-order valence-electron chi connectivity index (χ4n) is 9.69. The molecule has 0 saturated carbocycles. The smallest absolute Gasteiger partial charge is 0.242 e. The van der Waals surface area contributed by atoms with Crippen molar-refractivity contribution in [1.29, 1.82) is 0 Å². The summed E-state index contributed by atoms with van der Waals surface area (Å²) < 4.78 is 25.5. The van der Waals surface area contributed by atoms with E-state index in [-0.39, 0.29) is 24.7 Å². The molecule has 0 N–H and O–H groups in total. The summed E-state index contributed by atoms with van der Waals surface area (Å²) in [5, 5.41) is 0. The number of nitrogens with zero attached hydrogens (tertiary/aromatic N) is 2. The van der Waals surface area contributed by atoms with Crippen molar-refractivity contribution in [2.75, 3.05) is 24.0 Å². The predicted octanol–water partition coefficient (Wildman–Crippen LogP) is 9.37. The molecule has 0 radical (unpaired) electrons. The standard InChI is InChI=1S/C51H48N2O6/c1-49(2)58-45(31-50(37-21-13-7-14-22-37)41-29-39(56-3)25-27-43(41)52(47(50)54)33-35-17-9-5-10-18-35)46(59-49)32-51(38-23-15-8-16-24-38)42-30-40(57-4)26-28-44(42)53(48(51)55)34-36-19-11-6-12-20-36/h5-30,45-46H,31-34H2,1-4H3/t45-,46-,50+,51+/m0/s1. The summed E-state index contributed by atoms with van der Waals surface area (Å²) in [7, 11) is 3.29. The zero-order chi connectivity index (χ0) is 40.8. The zero-order valence-corrected chi connectivity index (χ0v) is 33.8. The molecule has 0 unspecified atom stereocenters. The third-order valence-corrected chi connectivity index (χ3v) is 12.3. The first-order chi connectivity index (χ1) is 28.7. The highest BCUT2D eigenvalue weighted by Gasteiger charge is 2.60. The highest BCUT2D eigenvalue weighted by molar-refractivity contribution is 6.11. The molecule has 6 aromatic rings. The van der Waals surface area contributed by atoms with Crippen LogP contribution in [0, 0.1) is 0 Å². The number of anilines is 2. The van der Waals surface area contributed by atoms with E-state index >= 15 is 9.59 Å². The Morgan fingerprint density at radius 2 is 0.864 bits per heavy atom. The van der Waals surface area contributed by atoms with Crippen LogP contribution in [0.25, 0.3) is 0 Å². The van der Waals surface area contributed by atoms with Gasteiger partial charge in [-0.05, 0) is 96.5 Å². The molecule has 0 spiro atoms. The summed E-state index contributed by atoms with van der Waals surface area (Å²) in [5.41, 5.74) is 4.71. The van der Waals surface area contributed by atoms with Crippen LogP contribution < -0.4 is 19.3 Å². The second-order valence-electron chi connectivity index (χ2n) is 16.2. The molecule has 6 aromatic carbocycles. The van der Waals surface area contributed by atoms with Crippen LogP contribution in [0.1, 0.15) is 60.1 Å². The van der Waals surface area contributed by atoms with Gasteiger partial charge in [0, 0.05) is 11.4 Å². The average molecular weight is 785 g/mol. The van der Waals surface area contributed by atoms with Gasteiger partial charge in [0.1, 0.15) is 22.3 Å². The molecular formula is C51H48N2O6. The maximum atomic E-state index is 15.6. The minimum atomic E-state index is -1.17. The summed E-state index contributed by atoms with van der Waals surface area (Å²) in [6.07, 6.45) is -0.716. The van der Waals surface area contributed by atoms with E-state index in [0.717, 1.165) is 44.8 Å². The van der Waals surface area contributed by atoms with Crippen LogP contribution in [0.5, 0.6) is 11.5 Å². The van der Waals surface area contributed by atoms with Crippen molar-refractivity contribution in [2.45, 2.75) is 68.6 Å². The molecule has 0 bridgehead atoms. The summed E-state index contributed by atoms with van der Waals surface area (Å²) in [4.78, 5) is 35.0. The minimum absolute atomic E-state index is 0.0540. The van der Waals surface area contributed by atoms with Gasteiger partial charge < -0.3 is 28.7 Å². The first-order valence-electron chi connectivity index (χ1n) is 20.2. The molecule has 1 fully saturated rings. The first-order valence-corrected chi connectivity index (χ1v) is 20.2. The highest BCUT2D eigenvalue weighted by atomic mass is 16.7. The number of rotatable bonds is 12. The topological polar surface area (TPSA) is 77.5 Å². The SMILES string of the molecule is COc1ccc2c(c1)[C@@](C[C@@H]1OC(C)(C)O[C@H]1C[C@]1(c3ccccc3)C(=O)N(Cc3ccccc3)c3ccc(OC)cc31)(c1ccccc1)C(=O)N2Cc1ccccc1. The van der Waals surface area contributed by atoms with E-state index in [1.807, 2.05) is 181 Å². The van der Waals surface area contributed by atoms with Crippen LogP contribution in [0.4, 0.5) is 11.4 Å². The lowest BCUT2D eigenvalue weighted by molar-refractivity contribution is -0.150. The van der Waals surface area contributed by atoms with Gasteiger partial charge >= 0.3 is 0 Å². The van der Waals surface area contributed by atoms with Crippen molar-refractivity contribution in [3.63, 3.8) is 0 Å². The van der Waals surface area contributed by atoms with Gasteiger partial charge in [-0.3, -0.25) is 9.59 Å². The number of amides is 2. The van der Waals surface area contributed by atoms with Crippen molar-refractivity contribution in [1.82, 2.24) is 0 Å². The molecule has 0 aliphatic carbocycles. The van der Waals surface area contributed by atoms with E-state index in [0.29, 0.717) is 24.6 Å². The van der Waals surface area contributed by atoms with Crippen LogP contribution in [-0.4, -0.2) is 44.0 Å². The number of hydrogen-bond acceptors (Lipinski definition) is 6. The molecule has 298 valence electrons. The molecule has 3 heterocycles. The number of fused-ring (bicyclic) bond motifs is 2. The van der Waals surface area contributed by atoms with Crippen molar-refractivity contribution < 1.29 is 28.5 Å². The number of methoxy groups -OCH3 is 2. The maximum Gasteiger partial charge on any atom is 0.242 e. The van der Waals surface area contributed by atoms with Crippen LogP contribution in [0.2, 0.25) is 0 Å². The second-order valence-corrected chi connectivity index (χ2v) is 16.2. The van der Waals surface area contributed by atoms with Gasteiger partial charge in [0.25, 0.3) is 0 Å². The van der Waals surface area contributed by atoms with Gasteiger partial charge in [-0.25, -0.2) is 0 Å². The molecule has 8 heteroatoms. The molecule has 1 saturated heterocycles. The maximum absolute atomic E-state index is 15.6. The normalized spacial score (nSPS) is 23.0. The Morgan fingerprint density at radius 3 is 1.22 bits per heavy atom. The third-order valence-electron chi connectivity index (χ3n) is 12.3. The number of hydrogen-bond donors (Lipinski definition) is 0. The molecule has 59 heavy (non-hydrogen) atoms. The van der Waals surface area contributed by atoms with Crippen LogP contribution in [-0.2, 0) is 43.0 Å². The van der Waals surface area contributed by atoms with Crippen molar-refractivity contribution >= 4 is 23.2 Å². The number of carbonyl (C=O) groups is 2. The zero-order valence-electron chi connectivity index (χ0n) is 33.8. The predicted molar refractivity (Wildman–Crippen MR) is 229 cm³/mol.